The maximum absolute atomic E-state index is 12.2. The zero-order chi connectivity index (χ0) is 13.8. The first-order valence-corrected chi connectivity index (χ1v) is 6.31. The number of halogens is 1. The van der Waals surface area contributed by atoms with Crippen molar-refractivity contribution >= 4 is 27.7 Å². The summed E-state index contributed by atoms with van der Waals surface area (Å²) >= 11 is 3.32. The van der Waals surface area contributed by atoms with E-state index < -0.39 is 0 Å². The average Bonchev–Trinajstić information content (AvgIpc) is 2.46. The summed E-state index contributed by atoms with van der Waals surface area (Å²) in [7, 11) is 1.65. The topological polar surface area (TPSA) is 57.0 Å². The minimum Gasteiger partial charge on any atom is -0.296 e. The molecule has 0 spiro atoms. The molecular formula is C14H10BrN3O. The normalized spacial score (nSPS) is 9.74. The molecule has 2 aromatic rings. The van der Waals surface area contributed by atoms with Crippen LogP contribution in [0.1, 0.15) is 15.9 Å². The summed E-state index contributed by atoms with van der Waals surface area (Å²) in [6.07, 6.45) is 1.45. The second-order valence-corrected chi connectivity index (χ2v) is 4.80. The van der Waals surface area contributed by atoms with Crippen molar-refractivity contribution in [2.45, 2.75) is 0 Å². The quantitative estimate of drug-likeness (QED) is 0.856. The fraction of sp³-hybridized carbons (Fsp3) is 0.0714. The van der Waals surface area contributed by atoms with Crippen molar-refractivity contribution < 1.29 is 4.79 Å². The summed E-state index contributed by atoms with van der Waals surface area (Å²) in [6.45, 7) is 0. The lowest BCUT2D eigenvalue weighted by atomic mass is 10.2. The summed E-state index contributed by atoms with van der Waals surface area (Å²) in [4.78, 5) is 17.8. The van der Waals surface area contributed by atoms with Gasteiger partial charge < -0.3 is 0 Å². The Hall–Kier alpha value is -2.19. The lowest BCUT2D eigenvalue weighted by Crippen LogP contribution is -2.26. The Morgan fingerprint density at radius 1 is 1.26 bits per heavy atom. The number of hydrogen-bond donors (Lipinski definition) is 0. The van der Waals surface area contributed by atoms with Gasteiger partial charge in [0.05, 0.1) is 5.56 Å². The standard InChI is InChI=1S/C14H10BrN3O/c1-18(13-7-2-10(8-16)9-17-13)14(19)11-3-5-12(15)6-4-11/h2-7,9H,1H3. The number of nitriles is 1. The Labute approximate surface area is 119 Å². The monoisotopic (exact) mass is 315 g/mol. The molecule has 94 valence electrons. The van der Waals surface area contributed by atoms with E-state index in [1.165, 1.54) is 11.1 Å². The highest BCUT2D eigenvalue weighted by atomic mass is 79.9. The van der Waals surface area contributed by atoms with Crippen molar-refractivity contribution in [2.24, 2.45) is 0 Å². The van der Waals surface area contributed by atoms with Crippen LogP contribution in [0.3, 0.4) is 0 Å². The Morgan fingerprint density at radius 2 is 1.95 bits per heavy atom. The second kappa shape index (κ2) is 5.63. The number of benzene rings is 1. The number of carbonyl (C=O) groups excluding carboxylic acids is 1. The first kappa shape index (κ1) is 13.2. The number of aromatic nitrogens is 1. The molecule has 1 amide bonds. The molecule has 0 aliphatic rings. The van der Waals surface area contributed by atoms with Gasteiger partial charge in [0, 0.05) is 23.3 Å². The summed E-state index contributed by atoms with van der Waals surface area (Å²) in [5.74, 6) is 0.358. The SMILES string of the molecule is CN(C(=O)c1ccc(Br)cc1)c1ccc(C#N)cn1. The van der Waals surface area contributed by atoms with E-state index in [-0.39, 0.29) is 5.91 Å². The first-order chi connectivity index (χ1) is 9.11. The average molecular weight is 316 g/mol. The Bertz CT molecular complexity index is 629. The van der Waals surface area contributed by atoms with Crippen LogP contribution in [0.2, 0.25) is 0 Å². The van der Waals surface area contributed by atoms with Crippen LogP contribution in [0, 0.1) is 11.3 Å². The van der Waals surface area contributed by atoms with Crippen molar-refractivity contribution in [3.8, 4) is 6.07 Å². The summed E-state index contributed by atoms with van der Waals surface area (Å²) in [5, 5.41) is 8.71. The van der Waals surface area contributed by atoms with E-state index in [1.807, 2.05) is 18.2 Å². The molecule has 0 bridgehead atoms. The van der Waals surface area contributed by atoms with Gasteiger partial charge in [0.25, 0.3) is 5.91 Å². The number of carbonyl (C=O) groups is 1. The van der Waals surface area contributed by atoms with Gasteiger partial charge in [0.15, 0.2) is 0 Å². The van der Waals surface area contributed by atoms with Gasteiger partial charge in [0.1, 0.15) is 11.9 Å². The molecule has 0 atom stereocenters. The molecule has 0 radical (unpaired) electrons. The number of rotatable bonds is 2. The molecule has 0 N–H and O–H groups in total. The smallest absolute Gasteiger partial charge is 0.259 e. The van der Waals surface area contributed by atoms with Gasteiger partial charge in [-0.1, -0.05) is 15.9 Å². The van der Waals surface area contributed by atoms with Crippen LogP contribution in [0.25, 0.3) is 0 Å². The third kappa shape index (κ3) is 2.98. The van der Waals surface area contributed by atoms with E-state index >= 15 is 0 Å². The largest absolute Gasteiger partial charge is 0.296 e. The molecule has 19 heavy (non-hydrogen) atoms. The van der Waals surface area contributed by atoms with Gasteiger partial charge >= 0.3 is 0 Å². The molecule has 1 heterocycles. The van der Waals surface area contributed by atoms with Gasteiger partial charge in [-0.05, 0) is 36.4 Å². The third-order valence-electron chi connectivity index (χ3n) is 2.62. The highest BCUT2D eigenvalue weighted by Crippen LogP contribution is 2.15. The minimum atomic E-state index is -0.148. The zero-order valence-electron chi connectivity index (χ0n) is 10.2. The predicted molar refractivity (Wildman–Crippen MR) is 75.8 cm³/mol. The van der Waals surface area contributed by atoms with Gasteiger partial charge in [0.2, 0.25) is 0 Å². The molecule has 0 aliphatic carbocycles. The molecule has 1 aromatic carbocycles. The Morgan fingerprint density at radius 3 is 2.47 bits per heavy atom. The minimum absolute atomic E-state index is 0.148. The fourth-order valence-electron chi connectivity index (χ4n) is 1.54. The van der Waals surface area contributed by atoms with Crippen molar-refractivity contribution in [3.63, 3.8) is 0 Å². The van der Waals surface area contributed by atoms with Crippen LogP contribution in [0.4, 0.5) is 5.82 Å². The molecule has 0 unspecified atom stereocenters. The number of hydrogen-bond acceptors (Lipinski definition) is 3. The van der Waals surface area contributed by atoms with Crippen LogP contribution in [-0.2, 0) is 0 Å². The maximum atomic E-state index is 12.2. The van der Waals surface area contributed by atoms with Crippen molar-refractivity contribution in [3.05, 3.63) is 58.2 Å². The Kier molecular flexibility index (Phi) is 3.93. The molecule has 0 saturated carbocycles. The van der Waals surface area contributed by atoms with Crippen LogP contribution in [0.15, 0.2) is 47.1 Å². The molecule has 5 heteroatoms. The Balaban J connectivity index is 2.23. The number of nitrogens with zero attached hydrogens (tertiary/aromatic N) is 3. The molecule has 1 aromatic heterocycles. The summed E-state index contributed by atoms with van der Waals surface area (Å²) in [6, 6.07) is 12.4. The van der Waals surface area contributed by atoms with E-state index in [0.717, 1.165) is 4.47 Å². The van der Waals surface area contributed by atoms with E-state index in [4.69, 9.17) is 5.26 Å². The fourth-order valence-corrected chi connectivity index (χ4v) is 1.81. The van der Waals surface area contributed by atoms with Crippen LogP contribution < -0.4 is 4.90 Å². The first-order valence-electron chi connectivity index (χ1n) is 5.51. The summed E-state index contributed by atoms with van der Waals surface area (Å²) in [5.41, 5.74) is 1.05. The van der Waals surface area contributed by atoms with Crippen LogP contribution >= 0.6 is 15.9 Å². The molecule has 0 saturated heterocycles. The van der Waals surface area contributed by atoms with Crippen LogP contribution in [-0.4, -0.2) is 17.9 Å². The molecule has 0 aliphatic heterocycles. The molecule has 2 rings (SSSR count). The highest BCUT2D eigenvalue weighted by Gasteiger charge is 2.14. The van der Waals surface area contributed by atoms with Gasteiger partial charge in [-0.15, -0.1) is 0 Å². The predicted octanol–water partition coefficient (Wildman–Crippen LogP) is 2.99. The van der Waals surface area contributed by atoms with Crippen molar-refractivity contribution in [1.29, 1.82) is 5.26 Å². The van der Waals surface area contributed by atoms with E-state index in [9.17, 15) is 4.79 Å². The highest BCUT2D eigenvalue weighted by molar-refractivity contribution is 9.10. The zero-order valence-corrected chi connectivity index (χ0v) is 11.8. The van der Waals surface area contributed by atoms with Gasteiger partial charge in [-0.25, -0.2) is 4.98 Å². The summed E-state index contributed by atoms with van der Waals surface area (Å²) < 4.78 is 0.920. The van der Waals surface area contributed by atoms with Gasteiger partial charge in [-0.3, -0.25) is 9.69 Å². The lowest BCUT2D eigenvalue weighted by molar-refractivity contribution is 0.0992. The van der Waals surface area contributed by atoms with E-state index in [0.29, 0.717) is 16.9 Å². The molecular weight excluding hydrogens is 306 g/mol. The van der Waals surface area contributed by atoms with E-state index in [2.05, 4.69) is 20.9 Å². The number of amides is 1. The molecule has 0 fully saturated rings. The lowest BCUT2D eigenvalue weighted by Gasteiger charge is -2.16. The molecule has 4 nitrogen and oxygen atoms in total. The van der Waals surface area contributed by atoms with Crippen LogP contribution in [0.5, 0.6) is 0 Å². The number of anilines is 1. The maximum Gasteiger partial charge on any atom is 0.259 e. The van der Waals surface area contributed by atoms with Crippen molar-refractivity contribution in [2.75, 3.05) is 11.9 Å². The second-order valence-electron chi connectivity index (χ2n) is 3.89. The van der Waals surface area contributed by atoms with E-state index in [1.54, 1.807) is 31.3 Å². The number of pyridine rings is 1. The van der Waals surface area contributed by atoms with Gasteiger partial charge in [-0.2, -0.15) is 5.26 Å². The van der Waals surface area contributed by atoms with Crippen molar-refractivity contribution in [1.82, 2.24) is 4.98 Å². The third-order valence-corrected chi connectivity index (χ3v) is 3.15.